The van der Waals surface area contributed by atoms with Crippen LogP contribution in [0, 0.1) is 11.3 Å². The molecule has 0 aliphatic carbocycles. The molecule has 16 heavy (non-hydrogen) atoms. The molecule has 0 saturated carbocycles. The minimum atomic E-state index is 0.795. The molecule has 4 heteroatoms. The lowest BCUT2D eigenvalue weighted by molar-refractivity contribution is 0.295. The van der Waals surface area contributed by atoms with Gasteiger partial charge in [0.05, 0.1) is 12.2 Å². The van der Waals surface area contributed by atoms with Gasteiger partial charge in [0.15, 0.2) is 0 Å². The fourth-order valence-electron chi connectivity index (χ4n) is 1.60. The van der Waals surface area contributed by atoms with E-state index in [-0.39, 0.29) is 0 Å². The highest BCUT2D eigenvalue weighted by Gasteiger charge is 2.11. The SMILES string of the molecule is CCCc1nc(CN(CC)CC)sc1C#N. The second-order valence-corrected chi connectivity index (χ2v) is 4.79. The van der Waals surface area contributed by atoms with Gasteiger partial charge in [-0.15, -0.1) is 11.3 Å². The first kappa shape index (κ1) is 13.1. The van der Waals surface area contributed by atoms with E-state index in [2.05, 4.69) is 36.7 Å². The highest BCUT2D eigenvalue weighted by Crippen LogP contribution is 2.20. The van der Waals surface area contributed by atoms with Gasteiger partial charge in [-0.25, -0.2) is 4.98 Å². The predicted molar refractivity (Wildman–Crippen MR) is 67.4 cm³/mol. The summed E-state index contributed by atoms with van der Waals surface area (Å²) < 4.78 is 0. The highest BCUT2D eigenvalue weighted by molar-refractivity contribution is 7.12. The maximum Gasteiger partial charge on any atom is 0.128 e. The molecule has 0 bridgehead atoms. The van der Waals surface area contributed by atoms with Gasteiger partial charge in [0.1, 0.15) is 16.0 Å². The van der Waals surface area contributed by atoms with Crippen molar-refractivity contribution in [3.8, 4) is 6.07 Å². The zero-order valence-electron chi connectivity index (χ0n) is 10.3. The Morgan fingerprint density at radius 1 is 1.31 bits per heavy atom. The molecule has 3 nitrogen and oxygen atoms in total. The zero-order chi connectivity index (χ0) is 12.0. The van der Waals surface area contributed by atoms with Crippen LogP contribution in [-0.2, 0) is 13.0 Å². The van der Waals surface area contributed by atoms with Crippen LogP contribution in [0.15, 0.2) is 0 Å². The minimum absolute atomic E-state index is 0.795. The van der Waals surface area contributed by atoms with E-state index < -0.39 is 0 Å². The standard InChI is InChI=1S/C12H19N3S/c1-4-7-10-11(8-13)16-12(14-10)9-15(5-2)6-3/h4-7,9H2,1-3H3. The number of nitriles is 1. The topological polar surface area (TPSA) is 39.9 Å². The normalized spacial score (nSPS) is 10.7. The average molecular weight is 237 g/mol. The number of hydrogen-bond donors (Lipinski definition) is 0. The van der Waals surface area contributed by atoms with Gasteiger partial charge < -0.3 is 0 Å². The maximum atomic E-state index is 9.01. The molecule has 1 heterocycles. The van der Waals surface area contributed by atoms with E-state index in [0.29, 0.717) is 0 Å². The summed E-state index contributed by atoms with van der Waals surface area (Å²) in [6, 6.07) is 2.25. The monoisotopic (exact) mass is 237 g/mol. The summed E-state index contributed by atoms with van der Waals surface area (Å²) in [5.74, 6) is 0. The van der Waals surface area contributed by atoms with Crippen LogP contribution in [0.25, 0.3) is 0 Å². The van der Waals surface area contributed by atoms with Crippen molar-refractivity contribution in [3.05, 3.63) is 15.6 Å². The van der Waals surface area contributed by atoms with Crippen LogP contribution in [0.4, 0.5) is 0 Å². The van der Waals surface area contributed by atoms with Gasteiger partial charge in [0.2, 0.25) is 0 Å². The third-order valence-corrected chi connectivity index (χ3v) is 3.57. The van der Waals surface area contributed by atoms with Crippen molar-refractivity contribution in [3.63, 3.8) is 0 Å². The first-order chi connectivity index (χ1) is 7.74. The Hall–Kier alpha value is -0.920. The number of aryl methyl sites for hydroxylation is 1. The van der Waals surface area contributed by atoms with Gasteiger partial charge in [-0.1, -0.05) is 27.2 Å². The van der Waals surface area contributed by atoms with Crippen LogP contribution >= 0.6 is 11.3 Å². The lowest BCUT2D eigenvalue weighted by Gasteiger charge is -2.15. The number of aromatic nitrogens is 1. The fraction of sp³-hybridized carbons (Fsp3) is 0.667. The Kier molecular flexibility index (Phi) is 5.44. The Bertz CT molecular complexity index is 361. The molecule has 0 amide bonds. The molecular formula is C12H19N3S. The molecule has 0 aliphatic rings. The third-order valence-electron chi connectivity index (χ3n) is 2.58. The molecule has 0 aromatic carbocycles. The molecule has 0 fully saturated rings. The van der Waals surface area contributed by atoms with Crippen molar-refractivity contribution < 1.29 is 0 Å². The van der Waals surface area contributed by atoms with Crippen LogP contribution in [0.3, 0.4) is 0 Å². The molecule has 0 spiro atoms. The summed E-state index contributed by atoms with van der Waals surface area (Å²) in [6.45, 7) is 9.34. The quantitative estimate of drug-likeness (QED) is 0.764. The second-order valence-electron chi connectivity index (χ2n) is 3.71. The summed E-state index contributed by atoms with van der Waals surface area (Å²) in [5, 5.41) is 10.1. The van der Waals surface area contributed by atoms with Gasteiger partial charge in [-0.2, -0.15) is 5.26 Å². The fourth-order valence-corrected chi connectivity index (χ4v) is 2.55. The largest absolute Gasteiger partial charge is 0.297 e. The van der Waals surface area contributed by atoms with E-state index in [1.54, 1.807) is 11.3 Å². The van der Waals surface area contributed by atoms with Crippen molar-refractivity contribution in [1.82, 2.24) is 9.88 Å². The van der Waals surface area contributed by atoms with Crippen LogP contribution in [0.2, 0.25) is 0 Å². The molecular weight excluding hydrogens is 218 g/mol. The van der Waals surface area contributed by atoms with Crippen molar-refractivity contribution in [1.29, 1.82) is 5.26 Å². The van der Waals surface area contributed by atoms with E-state index in [4.69, 9.17) is 5.26 Å². The van der Waals surface area contributed by atoms with Crippen LogP contribution in [0.1, 0.15) is 42.8 Å². The van der Waals surface area contributed by atoms with Gasteiger partial charge >= 0.3 is 0 Å². The molecule has 0 saturated heterocycles. The van der Waals surface area contributed by atoms with Crippen LogP contribution in [-0.4, -0.2) is 23.0 Å². The molecule has 1 aromatic heterocycles. The molecule has 0 aliphatic heterocycles. The Labute approximate surface area is 102 Å². The predicted octanol–water partition coefficient (Wildman–Crippen LogP) is 2.81. The third kappa shape index (κ3) is 3.29. The minimum Gasteiger partial charge on any atom is -0.297 e. The van der Waals surface area contributed by atoms with E-state index in [0.717, 1.165) is 48.1 Å². The van der Waals surface area contributed by atoms with E-state index in [1.807, 2.05) is 0 Å². The lowest BCUT2D eigenvalue weighted by Crippen LogP contribution is -2.21. The molecule has 0 radical (unpaired) electrons. The van der Waals surface area contributed by atoms with E-state index >= 15 is 0 Å². The summed E-state index contributed by atoms with van der Waals surface area (Å²) in [6.07, 6.45) is 1.96. The maximum absolute atomic E-state index is 9.01. The number of hydrogen-bond acceptors (Lipinski definition) is 4. The lowest BCUT2D eigenvalue weighted by atomic mass is 10.2. The average Bonchev–Trinajstić information content (AvgIpc) is 2.68. The molecule has 0 atom stereocenters. The summed E-state index contributed by atoms with van der Waals surface area (Å²) in [5.41, 5.74) is 0.983. The highest BCUT2D eigenvalue weighted by atomic mass is 32.1. The first-order valence-electron chi connectivity index (χ1n) is 5.86. The Morgan fingerprint density at radius 3 is 2.50 bits per heavy atom. The second kappa shape index (κ2) is 6.62. The first-order valence-corrected chi connectivity index (χ1v) is 6.67. The number of thiazole rings is 1. The van der Waals surface area contributed by atoms with E-state index in [1.165, 1.54) is 0 Å². The molecule has 1 rings (SSSR count). The van der Waals surface area contributed by atoms with Crippen molar-refractivity contribution >= 4 is 11.3 Å². The Morgan fingerprint density at radius 2 is 2.00 bits per heavy atom. The van der Waals surface area contributed by atoms with Crippen LogP contribution in [0.5, 0.6) is 0 Å². The number of rotatable bonds is 6. The number of nitrogens with zero attached hydrogens (tertiary/aromatic N) is 3. The van der Waals surface area contributed by atoms with Crippen molar-refractivity contribution in [2.45, 2.75) is 40.2 Å². The van der Waals surface area contributed by atoms with Crippen molar-refractivity contribution in [2.75, 3.05) is 13.1 Å². The van der Waals surface area contributed by atoms with Crippen molar-refractivity contribution in [2.24, 2.45) is 0 Å². The van der Waals surface area contributed by atoms with Crippen LogP contribution < -0.4 is 0 Å². The van der Waals surface area contributed by atoms with Gasteiger partial charge in [-0.3, -0.25) is 4.90 Å². The molecule has 0 N–H and O–H groups in total. The molecule has 0 unspecified atom stereocenters. The van der Waals surface area contributed by atoms with Gasteiger partial charge in [-0.05, 0) is 19.5 Å². The summed E-state index contributed by atoms with van der Waals surface area (Å²) in [4.78, 5) is 7.67. The van der Waals surface area contributed by atoms with Gasteiger partial charge in [0.25, 0.3) is 0 Å². The van der Waals surface area contributed by atoms with E-state index in [9.17, 15) is 0 Å². The molecule has 88 valence electrons. The summed E-state index contributed by atoms with van der Waals surface area (Å²) in [7, 11) is 0. The summed E-state index contributed by atoms with van der Waals surface area (Å²) >= 11 is 1.54. The zero-order valence-corrected chi connectivity index (χ0v) is 11.1. The smallest absolute Gasteiger partial charge is 0.128 e. The Balaban J connectivity index is 2.78. The van der Waals surface area contributed by atoms with Gasteiger partial charge in [0, 0.05) is 0 Å². The molecule has 1 aromatic rings.